The molecule has 0 aromatic carbocycles. The Balaban J connectivity index is 1.65. The first-order valence-electron chi connectivity index (χ1n) is 8.37. The molecule has 3 atom stereocenters. The van der Waals surface area contributed by atoms with Gasteiger partial charge in [-0.05, 0) is 32.6 Å². The van der Waals surface area contributed by atoms with E-state index in [1.165, 1.54) is 32.1 Å². The highest BCUT2D eigenvalue weighted by Gasteiger charge is 2.56. The van der Waals surface area contributed by atoms with Crippen LogP contribution in [0.1, 0.15) is 58.3 Å². The van der Waals surface area contributed by atoms with E-state index in [1.807, 2.05) is 0 Å². The second-order valence-electron chi connectivity index (χ2n) is 6.70. The van der Waals surface area contributed by atoms with E-state index in [4.69, 9.17) is 4.74 Å². The molecule has 1 heterocycles. The number of hydrogen-bond donors (Lipinski definition) is 2. The van der Waals surface area contributed by atoms with Crippen molar-refractivity contribution in [2.75, 3.05) is 6.61 Å². The average Bonchev–Trinajstić information content (AvgIpc) is 2.49. The molecule has 118 valence electrons. The van der Waals surface area contributed by atoms with Crippen LogP contribution in [0, 0.1) is 5.41 Å². The summed E-state index contributed by atoms with van der Waals surface area (Å²) in [5.41, 5.74) is 0.218. The Labute approximate surface area is 126 Å². The molecule has 1 saturated heterocycles. The Morgan fingerprint density at radius 3 is 2.71 bits per heavy atom. The number of ether oxygens (including phenoxy) is 1. The Hall–Kier alpha value is -0.940. The zero-order valence-corrected chi connectivity index (χ0v) is 12.8. The van der Waals surface area contributed by atoms with Crippen LogP contribution in [-0.4, -0.2) is 36.6 Å². The van der Waals surface area contributed by atoms with Crippen molar-refractivity contribution in [3.8, 4) is 0 Å². The van der Waals surface area contributed by atoms with E-state index >= 15 is 0 Å². The minimum absolute atomic E-state index is 0.147. The molecular weight excluding hydrogens is 268 g/mol. The van der Waals surface area contributed by atoms with Gasteiger partial charge in [-0.25, -0.2) is 0 Å². The van der Waals surface area contributed by atoms with Gasteiger partial charge < -0.3 is 10.1 Å². The fourth-order valence-corrected chi connectivity index (χ4v) is 4.39. The number of rotatable bonds is 4. The molecule has 2 N–H and O–H groups in total. The summed E-state index contributed by atoms with van der Waals surface area (Å²) < 4.78 is 5.94. The zero-order chi connectivity index (χ0) is 14.9. The molecule has 2 amide bonds. The molecule has 2 aliphatic carbocycles. The highest BCUT2D eigenvalue weighted by Crippen LogP contribution is 2.53. The quantitative estimate of drug-likeness (QED) is 0.771. The molecule has 0 bridgehead atoms. The largest absolute Gasteiger partial charge is 0.378 e. The minimum Gasteiger partial charge on any atom is -0.378 e. The first-order valence-corrected chi connectivity index (χ1v) is 8.37. The maximum Gasteiger partial charge on any atom is 0.243 e. The van der Waals surface area contributed by atoms with Crippen LogP contribution in [0.2, 0.25) is 0 Å². The van der Waals surface area contributed by atoms with Gasteiger partial charge in [-0.15, -0.1) is 0 Å². The highest BCUT2D eigenvalue weighted by molar-refractivity contribution is 6.00. The van der Waals surface area contributed by atoms with E-state index in [1.54, 1.807) is 0 Å². The average molecular weight is 294 g/mol. The van der Waals surface area contributed by atoms with Crippen LogP contribution in [0.15, 0.2) is 0 Å². The Kier molecular flexibility index (Phi) is 4.31. The second-order valence-corrected chi connectivity index (χ2v) is 6.70. The molecule has 3 aliphatic rings. The number of hydrogen-bond acceptors (Lipinski definition) is 4. The lowest BCUT2D eigenvalue weighted by Gasteiger charge is -2.58. The fraction of sp³-hybridized carbons (Fsp3) is 0.875. The van der Waals surface area contributed by atoms with Crippen molar-refractivity contribution in [1.82, 2.24) is 10.6 Å². The number of carbonyl (C=O) groups is 2. The van der Waals surface area contributed by atoms with Crippen LogP contribution in [0.5, 0.6) is 0 Å². The summed E-state index contributed by atoms with van der Waals surface area (Å²) in [5, 5.41) is 5.97. The lowest BCUT2D eigenvalue weighted by atomic mass is 9.55. The van der Waals surface area contributed by atoms with Crippen molar-refractivity contribution in [2.45, 2.75) is 76.5 Å². The number of nitrogens with one attached hydrogen (secondary N) is 2. The molecule has 1 spiro atoms. The number of amides is 2. The first kappa shape index (κ1) is 15.0. The van der Waals surface area contributed by atoms with Crippen LogP contribution in [0.25, 0.3) is 0 Å². The van der Waals surface area contributed by atoms with E-state index in [0.29, 0.717) is 25.0 Å². The summed E-state index contributed by atoms with van der Waals surface area (Å²) in [4.78, 5) is 23.2. The first-order chi connectivity index (χ1) is 10.2. The van der Waals surface area contributed by atoms with Crippen molar-refractivity contribution in [3.05, 3.63) is 0 Å². The standard InChI is InChI=1S/C16H26N2O3/c1-2-21-13-10-12(16(13)8-4-3-5-9-16)17-11-6-7-14(19)18-15(11)20/h11-13,17H,2-10H2,1H3,(H,18,19,20). The van der Waals surface area contributed by atoms with Crippen LogP contribution in [-0.2, 0) is 14.3 Å². The third-order valence-electron chi connectivity index (χ3n) is 5.58. The van der Waals surface area contributed by atoms with Crippen LogP contribution in [0.4, 0.5) is 0 Å². The predicted molar refractivity (Wildman–Crippen MR) is 78.6 cm³/mol. The Morgan fingerprint density at radius 2 is 2.05 bits per heavy atom. The molecule has 3 rings (SSSR count). The van der Waals surface area contributed by atoms with Gasteiger partial charge >= 0.3 is 0 Å². The number of imide groups is 1. The topological polar surface area (TPSA) is 67.4 Å². The number of piperidine rings is 1. The zero-order valence-electron chi connectivity index (χ0n) is 12.8. The molecule has 1 aliphatic heterocycles. The van der Waals surface area contributed by atoms with E-state index in [9.17, 15) is 9.59 Å². The summed E-state index contributed by atoms with van der Waals surface area (Å²) in [6.45, 7) is 2.81. The molecule has 5 nitrogen and oxygen atoms in total. The van der Waals surface area contributed by atoms with Gasteiger partial charge in [0.2, 0.25) is 11.8 Å². The monoisotopic (exact) mass is 294 g/mol. The lowest BCUT2D eigenvalue weighted by molar-refractivity contribution is -0.156. The SMILES string of the molecule is CCOC1CC(NC2CCC(=O)NC2=O)C12CCCCC2. The fourth-order valence-electron chi connectivity index (χ4n) is 4.39. The summed E-state index contributed by atoms with van der Waals surface area (Å²) in [5.74, 6) is -0.302. The summed E-state index contributed by atoms with van der Waals surface area (Å²) >= 11 is 0. The van der Waals surface area contributed by atoms with E-state index in [-0.39, 0.29) is 23.3 Å². The maximum absolute atomic E-state index is 11.9. The molecule has 3 unspecified atom stereocenters. The highest BCUT2D eigenvalue weighted by atomic mass is 16.5. The maximum atomic E-state index is 11.9. The summed E-state index contributed by atoms with van der Waals surface area (Å²) in [6.07, 6.45) is 8.62. The van der Waals surface area contributed by atoms with Gasteiger partial charge in [0.1, 0.15) is 0 Å². The molecule has 5 heteroatoms. The molecular formula is C16H26N2O3. The molecule has 3 fully saturated rings. The molecule has 0 radical (unpaired) electrons. The Morgan fingerprint density at radius 1 is 1.29 bits per heavy atom. The third-order valence-corrected chi connectivity index (χ3v) is 5.58. The van der Waals surface area contributed by atoms with Crippen LogP contribution >= 0.6 is 0 Å². The van der Waals surface area contributed by atoms with Gasteiger partial charge in [0.05, 0.1) is 12.1 Å². The van der Waals surface area contributed by atoms with Crippen molar-refractivity contribution < 1.29 is 14.3 Å². The molecule has 2 saturated carbocycles. The van der Waals surface area contributed by atoms with Crippen molar-refractivity contribution in [3.63, 3.8) is 0 Å². The van der Waals surface area contributed by atoms with Crippen molar-refractivity contribution in [2.24, 2.45) is 5.41 Å². The van der Waals surface area contributed by atoms with Crippen molar-refractivity contribution >= 4 is 11.8 Å². The summed E-state index contributed by atoms with van der Waals surface area (Å²) in [7, 11) is 0. The lowest BCUT2D eigenvalue weighted by Crippen LogP contribution is -2.68. The normalized spacial score (nSPS) is 35.4. The van der Waals surface area contributed by atoms with Gasteiger partial charge in [-0.1, -0.05) is 19.3 Å². The summed E-state index contributed by atoms with van der Waals surface area (Å²) in [6, 6.07) is 0.146. The second kappa shape index (κ2) is 6.05. The van der Waals surface area contributed by atoms with Crippen LogP contribution < -0.4 is 10.6 Å². The predicted octanol–water partition coefficient (Wildman–Crippen LogP) is 1.51. The molecule has 0 aromatic heterocycles. The van der Waals surface area contributed by atoms with Crippen LogP contribution in [0.3, 0.4) is 0 Å². The van der Waals surface area contributed by atoms with E-state index in [0.717, 1.165) is 13.0 Å². The van der Waals surface area contributed by atoms with Gasteiger partial charge in [0, 0.05) is 24.5 Å². The smallest absolute Gasteiger partial charge is 0.243 e. The van der Waals surface area contributed by atoms with Gasteiger partial charge in [-0.3, -0.25) is 14.9 Å². The minimum atomic E-state index is -0.214. The van der Waals surface area contributed by atoms with E-state index in [2.05, 4.69) is 17.6 Å². The van der Waals surface area contributed by atoms with Gasteiger partial charge in [0.15, 0.2) is 0 Å². The molecule has 21 heavy (non-hydrogen) atoms. The van der Waals surface area contributed by atoms with Gasteiger partial charge in [0.25, 0.3) is 0 Å². The molecule has 0 aromatic rings. The van der Waals surface area contributed by atoms with E-state index < -0.39 is 0 Å². The van der Waals surface area contributed by atoms with Gasteiger partial charge in [-0.2, -0.15) is 0 Å². The van der Waals surface area contributed by atoms with Crippen molar-refractivity contribution in [1.29, 1.82) is 0 Å². The third kappa shape index (κ3) is 2.73. The Bertz CT molecular complexity index is 418. The number of carbonyl (C=O) groups excluding carboxylic acids is 2.